The van der Waals surface area contributed by atoms with Gasteiger partial charge in [0.05, 0.1) is 18.2 Å². The quantitative estimate of drug-likeness (QED) is 0.761. The predicted molar refractivity (Wildman–Crippen MR) is 80.8 cm³/mol. The normalized spacial score (nSPS) is 10.3. The van der Waals surface area contributed by atoms with Gasteiger partial charge in [-0.15, -0.1) is 0 Å². The fourth-order valence-corrected chi connectivity index (χ4v) is 1.96. The number of hydrogen-bond acceptors (Lipinski definition) is 4. The summed E-state index contributed by atoms with van der Waals surface area (Å²) < 4.78 is 23.1. The third-order valence-corrected chi connectivity index (χ3v) is 3.15. The second kappa shape index (κ2) is 7.75. The van der Waals surface area contributed by atoms with Gasteiger partial charge in [-0.1, -0.05) is 23.7 Å². The monoisotopic (exact) mass is 323 g/mol. The van der Waals surface area contributed by atoms with Gasteiger partial charge in [-0.05, 0) is 30.7 Å². The molecule has 0 saturated heterocycles. The minimum atomic E-state index is -0.617. The number of carbonyl (C=O) groups excluding carboxylic acids is 1. The summed E-state index contributed by atoms with van der Waals surface area (Å²) in [5, 5.41) is 0.204. The lowest BCUT2D eigenvalue weighted by atomic mass is 10.2. The van der Waals surface area contributed by atoms with Gasteiger partial charge in [0.25, 0.3) is 0 Å². The van der Waals surface area contributed by atoms with Crippen LogP contribution in [0, 0.1) is 5.82 Å². The van der Waals surface area contributed by atoms with E-state index in [9.17, 15) is 9.18 Å². The van der Waals surface area contributed by atoms with E-state index in [0.717, 1.165) is 5.56 Å². The zero-order chi connectivity index (χ0) is 15.9. The van der Waals surface area contributed by atoms with Crippen LogP contribution < -0.4 is 4.74 Å². The number of esters is 1. The van der Waals surface area contributed by atoms with E-state index in [-0.39, 0.29) is 23.1 Å². The maximum absolute atomic E-state index is 12.8. The molecule has 0 radical (unpaired) electrons. The number of halogens is 2. The molecule has 0 aliphatic rings. The Balaban J connectivity index is 1.94. The van der Waals surface area contributed by atoms with Gasteiger partial charge in [0.1, 0.15) is 5.82 Å². The van der Waals surface area contributed by atoms with Crippen molar-refractivity contribution in [1.82, 2.24) is 4.98 Å². The molecule has 1 aromatic carbocycles. The van der Waals surface area contributed by atoms with E-state index in [4.69, 9.17) is 21.1 Å². The molecule has 22 heavy (non-hydrogen) atoms. The summed E-state index contributed by atoms with van der Waals surface area (Å²) in [5.41, 5.74) is 0.892. The predicted octanol–water partition coefficient (Wildman–Crippen LogP) is 3.67. The molecule has 0 saturated carbocycles. The first-order valence-corrected chi connectivity index (χ1v) is 7.19. The summed E-state index contributed by atoms with van der Waals surface area (Å²) >= 11 is 5.94. The molecule has 0 spiro atoms. The van der Waals surface area contributed by atoms with Crippen molar-refractivity contribution >= 4 is 17.6 Å². The molecule has 2 rings (SSSR count). The summed E-state index contributed by atoms with van der Waals surface area (Å²) in [4.78, 5) is 16.0. The lowest BCUT2D eigenvalue weighted by Gasteiger charge is -2.08. The number of nitrogens with zero attached hydrogens (tertiary/aromatic N) is 1. The Morgan fingerprint density at radius 3 is 2.64 bits per heavy atom. The Kier molecular flexibility index (Phi) is 5.72. The Labute approximate surface area is 132 Å². The topological polar surface area (TPSA) is 48.4 Å². The summed E-state index contributed by atoms with van der Waals surface area (Å²) in [6, 6.07) is 9.13. The summed E-state index contributed by atoms with van der Waals surface area (Å²) in [7, 11) is 0. The van der Waals surface area contributed by atoms with Crippen LogP contribution in [0.4, 0.5) is 4.39 Å². The Bertz CT molecular complexity index is 646. The fourth-order valence-electron chi connectivity index (χ4n) is 1.78. The number of hydrogen-bond donors (Lipinski definition) is 0. The van der Waals surface area contributed by atoms with E-state index < -0.39 is 5.97 Å². The van der Waals surface area contributed by atoms with E-state index in [0.29, 0.717) is 18.9 Å². The molecule has 2 aromatic rings. The van der Waals surface area contributed by atoms with Crippen molar-refractivity contribution in [3.63, 3.8) is 0 Å². The minimum Gasteiger partial charge on any atom is -0.478 e. The van der Waals surface area contributed by atoms with Gasteiger partial charge in [-0.25, -0.2) is 14.2 Å². The van der Waals surface area contributed by atoms with Crippen molar-refractivity contribution in [3.05, 3.63) is 58.5 Å². The van der Waals surface area contributed by atoms with Gasteiger partial charge in [-0.2, -0.15) is 0 Å². The van der Waals surface area contributed by atoms with Crippen molar-refractivity contribution in [3.8, 4) is 5.88 Å². The first-order valence-electron chi connectivity index (χ1n) is 6.81. The molecular formula is C16H15ClFNO3. The second-order valence-corrected chi connectivity index (χ2v) is 4.83. The highest BCUT2D eigenvalue weighted by molar-refractivity contribution is 6.33. The van der Waals surface area contributed by atoms with Gasteiger partial charge in [0, 0.05) is 12.5 Å². The molecule has 0 fully saturated rings. The van der Waals surface area contributed by atoms with Crippen molar-refractivity contribution < 1.29 is 18.7 Å². The number of pyridine rings is 1. The molecule has 6 heteroatoms. The molecule has 0 bridgehead atoms. The maximum Gasteiger partial charge on any atom is 0.358 e. The van der Waals surface area contributed by atoms with Crippen molar-refractivity contribution in [2.75, 3.05) is 13.2 Å². The third kappa shape index (κ3) is 4.43. The molecule has 0 unspecified atom stereocenters. The third-order valence-electron chi connectivity index (χ3n) is 2.84. The van der Waals surface area contributed by atoms with Crippen LogP contribution in [-0.2, 0) is 11.2 Å². The first kappa shape index (κ1) is 16.2. The SMILES string of the molecule is CCOc1ccc(Cl)c(C(=O)OCCc2ccc(F)cc2)n1. The Morgan fingerprint density at radius 2 is 1.95 bits per heavy atom. The van der Waals surface area contributed by atoms with Gasteiger partial charge < -0.3 is 9.47 Å². The van der Waals surface area contributed by atoms with Gasteiger partial charge in [-0.3, -0.25) is 0 Å². The van der Waals surface area contributed by atoms with Gasteiger partial charge >= 0.3 is 5.97 Å². The zero-order valence-corrected chi connectivity index (χ0v) is 12.8. The van der Waals surface area contributed by atoms with Crippen LogP contribution in [0.25, 0.3) is 0 Å². The van der Waals surface area contributed by atoms with Crippen molar-refractivity contribution in [2.45, 2.75) is 13.3 Å². The summed E-state index contributed by atoms with van der Waals surface area (Å²) in [5.74, 6) is -0.601. The number of aromatic nitrogens is 1. The average Bonchev–Trinajstić information content (AvgIpc) is 2.51. The summed E-state index contributed by atoms with van der Waals surface area (Å²) in [6.45, 7) is 2.41. The average molecular weight is 324 g/mol. The molecule has 0 amide bonds. The second-order valence-electron chi connectivity index (χ2n) is 4.43. The fraction of sp³-hybridized carbons (Fsp3) is 0.250. The highest BCUT2D eigenvalue weighted by Gasteiger charge is 2.15. The van der Waals surface area contributed by atoms with E-state index in [1.165, 1.54) is 18.2 Å². The summed E-state index contributed by atoms with van der Waals surface area (Å²) in [6.07, 6.45) is 0.481. The smallest absolute Gasteiger partial charge is 0.358 e. The lowest BCUT2D eigenvalue weighted by Crippen LogP contribution is -2.11. The van der Waals surface area contributed by atoms with E-state index >= 15 is 0 Å². The molecule has 1 aromatic heterocycles. The van der Waals surface area contributed by atoms with Crippen LogP contribution in [0.2, 0.25) is 5.02 Å². The largest absolute Gasteiger partial charge is 0.478 e. The first-order chi connectivity index (χ1) is 10.6. The molecule has 4 nitrogen and oxygen atoms in total. The van der Waals surface area contributed by atoms with Crippen LogP contribution in [0.15, 0.2) is 36.4 Å². The van der Waals surface area contributed by atoms with Crippen molar-refractivity contribution in [2.24, 2.45) is 0 Å². The van der Waals surface area contributed by atoms with Crippen molar-refractivity contribution in [1.29, 1.82) is 0 Å². The Hall–Kier alpha value is -2.14. The van der Waals surface area contributed by atoms with E-state index in [2.05, 4.69) is 4.98 Å². The van der Waals surface area contributed by atoms with Gasteiger partial charge in [0.15, 0.2) is 5.69 Å². The molecule has 0 N–H and O–H groups in total. The Morgan fingerprint density at radius 1 is 1.23 bits per heavy atom. The highest BCUT2D eigenvalue weighted by atomic mass is 35.5. The molecule has 116 valence electrons. The maximum atomic E-state index is 12.8. The molecule has 0 atom stereocenters. The van der Waals surface area contributed by atoms with Crippen LogP contribution in [0.5, 0.6) is 5.88 Å². The van der Waals surface area contributed by atoms with Crippen LogP contribution >= 0.6 is 11.6 Å². The minimum absolute atomic E-state index is 0.0201. The van der Waals surface area contributed by atoms with Crippen LogP contribution in [0.1, 0.15) is 23.0 Å². The van der Waals surface area contributed by atoms with Gasteiger partial charge in [0.2, 0.25) is 5.88 Å². The number of ether oxygens (including phenoxy) is 2. The molecular weight excluding hydrogens is 309 g/mol. The molecule has 0 aliphatic heterocycles. The number of rotatable bonds is 6. The zero-order valence-electron chi connectivity index (χ0n) is 12.0. The van der Waals surface area contributed by atoms with Crippen LogP contribution in [0.3, 0.4) is 0 Å². The number of carbonyl (C=O) groups is 1. The van der Waals surface area contributed by atoms with E-state index in [1.54, 1.807) is 18.2 Å². The standard InChI is InChI=1S/C16H15ClFNO3/c1-2-21-14-8-7-13(17)15(19-14)16(20)22-10-9-11-3-5-12(18)6-4-11/h3-8H,2,9-10H2,1H3. The number of benzene rings is 1. The van der Waals surface area contributed by atoms with Crippen LogP contribution in [-0.4, -0.2) is 24.2 Å². The molecule has 0 aliphatic carbocycles. The lowest BCUT2D eigenvalue weighted by molar-refractivity contribution is 0.0501. The molecule has 1 heterocycles. The highest BCUT2D eigenvalue weighted by Crippen LogP contribution is 2.19. The van der Waals surface area contributed by atoms with E-state index in [1.807, 2.05) is 6.92 Å².